The topological polar surface area (TPSA) is 47.6 Å². The van der Waals surface area contributed by atoms with Gasteiger partial charge in [-0.1, -0.05) is 24.3 Å². The number of benzene rings is 2. The Morgan fingerprint density at radius 2 is 1.82 bits per heavy atom. The number of nitrogens with one attached hydrogen (secondary N) is 1. The predicted octanol–water partition coefficient (Wildman–Crippen LogP) is 3.23. The number of amides is 1. The molecule has 2 unspecified atom stereocenters. The number of methoxy groups -OCH3 is 1. The summed E-state index contributed by atoms with van der Waals surface area (Å²) in [4.78, 5) is 11.6. The van der Waals surface area contributed by atoms with Crippen LogP contribution in [0, 0.1) is 5.82 Å². The van der Waals surface area contributed by atoms with Crippen molar-refractivity contribution in [1.82, 2.24) is 5.32 Å². The molecule has 0 radical (unpaired) electrons. The molecule has 0 aromatic heterocycles. The number of halogens is 1. The molecule has 0 saturated carbocycles. The first kappa shape index (κ1) is 14.4. The number of hydrogen-bond donors (Lipinski definition) is 1. The Bertz CT molecular complexity index is 655. The van der Waals surface area contributed by atoms with Crippen molar-refractivity contribution in [2.75, 3.05) is 7.11 Å². The smallest absolute Gasteiger partial charge is 0.408 e. The molecule has 1 heterocycles. The molecule has 114 valence electrons. The van der Waals surface area contributed by atoms with Crippen LogP contribution in [0.3, 0.4) is 0 Å². The minimum atomic E-state index is -0.451. The number of alkyl carbamates (subject to hydrolysis) is 1. The highest BCUT2D eigenvalue weighted by Gasteiger charge is 2.35. The molecule has 1 fully saturated rings. The fraction of sp³-hybridized carbons (Fsp3) is 0.235. The Hall–Kier alpha value is -2.56. The Balaban J connectivity index is 1.78. The van der Waals surface area contributed by atoms with E-state index in [1.807, 2.05) is 24.3 Å². The molecule has 2 aromatic carbocycles. The average molecular weight is 301 g/mol. The van der Waals surface area contributed by atoms with Crippen molar-refractivity contribution in [3.8, 4) is 5.75 Å². The molecular formula is C17H16FNO3. The molecule has 0 bridgehead atoms. The zero-order chi connectivity index (χ0) is 15.5. The van der Waals surface area contributed by atoms with Gasteiger partial charge in [0.2, 0.25) is 0 Å². The van der Waals surface area contributed by atoms with E-state index >= 15 is 0 Å². The van der Waals surface area contributed by atoms with Crippen molar-refractivity contribution in [2.24, 2.45) is 0 Å². The van der Waals surface area contributed by atoms with Crippen molar-refractivity contribution in [1.29, 1.82) is 0 Å². The van der Waals surface area contributed by atoms with Gasteiger partial charge in [-0.3, -0.25) is 0 Å². The average Bonchev–Trinajstić information content (AvgIpc) is 2.89. The molecule has 4 nitrogen and oxygen atoms in total. The number of ether oxygens (including phenoxy) is 2. The van der Waals surface area contributed by atoms with Crippen LogP contribution >= 0.6 is 0 Å². The molecule has 1 amide bonds. The summed E-state index contributed by atoms with van der Waals surface area (Å²) in [6.07, 6.45) is -0.249. The second-order valence-corrected chi connectivity index (χ2v) is 5.18. The van der Waals surface area contributed by atoms with E-state index in [2.05, 4.69) is 5.32 Å². The molecule has 3 rings (SSSR count). The minimum absolute atomic E-state index is 0.189. The monoisotopic (exact) mass is 301 g/mol. The van der Waals surface area contributed by atoms with E-state index in [4.69, 9.17) is 9.47 Å². The van der Waals surface area contributed by atoms with Crippen LogP contribution in [0.5, 0.6) is 5.75 Å². The lowest BCUT2D eigenvalue weighted by Gasteiger charge is -2.17. The Labute approximate surface area is 127 Å². The highest BCUT2D eigenvalue weighted by Crippen LogP contribution is 2.29. The third-order valence-corrected chi connectivity index (χ3v) is 3.72. The Morgan fingerprint density at radius 3 is 2.45 bits per heavy atom. The summed E-state index contributed by atoms with van der Waals surface area (Å²) in [6, 6.07) is 13.5. The molecule has 2 aromatic rings. The van der Waals surface area contributed by atoms with Gasteiger partial charge in [-0.05, 0) is 41.8 Å². The number of carbonyl (C=O) groups excluding carboxylic acids is 1. The van der Waals surface area contributed by atoms with Gasteiger partial charge < -0.3 is 14.8 Å². The molecule has 1 saturated heterocycles. The maximum Gasteiger partial charge on any atom is 0.408 e. The van der Waals surface area contributed by atoms with Gasteiger partial charge in [-0.2, -0.15) is 0 Å². The molecule has 2 atom stereocenters. The molecule has 1 aliphatic heterocycles. The number of carbonyl (C=O) groups is 1. The van der Waals surface area contributed by atoms with E-state index in [-0.39, 0.29) is 11.9 Å². The SMILES string of the molecule is COc1ccc(CC2NC(=O)OC2c2ccc(F)cc2)cc1. The van der Waals surface area contributed by atoms with E-state index in [1.165, 1.54) is 12.1 Å². The van der Waals surface area contributed by atoms with Crippen LogP contribution in [-0.2, 0) is 11.2 Å². The van der Waals surface area contributed by atoms with Gasteiger partial charge in [0, 0.05) is 0 Å². The van der Waals surface area contributed by atoms with E-state index in [0.29, 0.717) is 6.42 Å². The summed E-state index contributed by atoms with van der Waals surface area (Å²) in [6.45, 7) is 0. The second-order valence-electron chi connectivity index (χ2n) is 5.18. The molecule has 5 heteroatoms. The summed E-state index contributed by atoms with van der Waals surface area (Å²) < 4.78 is 23.5. The summed E-state index contributed by atoms with van der Waals surface area (Å²) in [5, 5.41) is 2.81. The van der Waals surface area contributed by atoms with Crippen molar-refractivity contribution in [3.05, 3.63) is 65.5 Å². The fourth-order valence-electron chi connectivity index (χ4n) is 2.58. The van der Waals surface area contributed by atoms with Crippen LogP contribution in [0.25, 0.3) is 0 Å². The zero-order valence-corrected chi connectivity index (χ0v) is 12.1. The molecule has 1 aliphatic rings. The quantitative estimate of drug-likeness (QED) is 0.943. The van der Waals surface area contributed by atoms with Crippen LogP contribution in [0.2, 0.25) is 0 Å². The van der Waals surface area contributed by atoms with Crippen molar-refractivity contribution >= 4 is 6.09 Å². The molecule has 22 heavy (non-hydrogen) atoms. The van der Waals surface area contributed by atoms with E-state index < -0.39 is 12.2 Å². The van der Waals surface area contributed by atoms with Gasteiger partial charge in [0.1, 0.15) is 17.7 Å². The zero-order valence-electron chi connectivity index (χ0n) is 12.1. The standard InChI is InChI=1S/C17H16FNO3/c1-21-14-8-2-11(3-9-14)10-15-16(22-17(20)19-15)12-4-6-13(18)7-5-12/h2-9,15-16H,10H2,1H3,(H,19,20). The van der Waals surface area contributed by atoms with Gasteiger partial charge in [0.15, 0.2) is 0 Å². The Morgan fingerprint density at radius 1 is 1.14 bits per heavy atom. The first-order valence-electron chi connectivity index (χ1n) is 7.01. The molecule has 0 aliphatic carbocycles. The lowest BCUT2D eigenvalue weighted by atomic mass is 9.97. The van der Waals surface area contributed by atoms with Crippen LogP contribution < -0.4 is 10.1 Å². The predicted molar refractivity (Wildman–Crippen MR) is 79.2 cm³/mol. The third-order valence-electron chi connectivity index (χ3n) is 3.72. The summed E-state index contributed by atoms with van der Waals surface area (Å²) in [5.41, 5.74) is 1.84. The molecular weight excluding hydrogens is 285 g/mol. The van der Waals surface area contributed by atoms with E-state index in [1.54, 1.807) is 19.2 Å². The van der Waals surface area contributed by atoms with Gasteiger partial charge in [0.05, 0.1) is 13.2 Å². The van der Waals surface area contributed by atoms with Gasteiger partial charge >= 0.3 is 6.09 Å². The Kier molecular flexibility index (Phi) is 3.96. The van der Waals surface area contributed by atoms with Gasteiger partial charge in [0.25, 0.3) is 0 Å². The van der Waals surface area contributed by atoms with Crippen LogP contribution in [-0.4, -0.2) is 19.2 Å². The van der Waals surface area contributed by atoms with Crippen molar-refractivity contribution < 1.29 is 18.7 Å². The lowest BCUT2D eigenvalue weighted by molar-refractivity contribution is 0.132. The highest BCUT2D eigenvalue weighted by molar-refractivity contribution is 5.70. The minimum Gasteiger partial charge on any atom is -0.497 e. The number of hydrogen-bond acceptors (Lipinski definition) is 3. The largest absolute Gasteiger partial charge is 0.497 e. The van der Waals surface area contributed by atoms with Crippen LogP contribution in [0.1, 0.15) is 17.2 Å². The van der Waals surface area contributed by atoms with Gasteiger partial charge in [-0.25, -0.2) is 9.18 Å². The van der Waals surface area contributed by atoms with Crippen LogP contribution in [0.15, 0.2) is 48.5 Å². The van der Waals surface area contributed by atoms with Crippen LogP contribution in [0.4, 0.5) is 9.18 Å². The van der Waals surface area contributed by atoms with Gasteiger partial charge in [-0.15, -0.1) is 0 Å². The maximum absolute atomic E-state index is 13.0. The fourth-order valence-corrected chi connectivity index (χ4v) is 2.58. The summed E-state index contributed by atoms with van der Waals surface area (Å²) >= 11 is 0. The molecule has 1 N–H and O–H groups in total. The highest BCUT2D eigenvalue weighted by atomic mass is 19.1. The number of rotatable bonds is 4. The molecule has 0 spiro atoms. The summed E-state index contributed by atoms with van der Waals surface area (Å²) in [7, 11) is 1.62. The third kappa shape index (κ3) is 3.03. The van der Waals surface area contributed by atoms with E-state index in [0.717, 1.165) is 16.9 Å². The van der Waals surface area contributed by atoms with Crippen molar-refractivity contribution in [3.63, 3.8) is 0 Å². The maximum atomic E-state index is 13.0. The first-order valence-corrected chi connectivity index (χ1v) is 7.01. The summed E-state index contributed by atoms with van der Waals surface area (Å²) in [5.74, 6) is 0.471. The van der Waals surface area contributed by atoms with E-state index in [9.17, 15) is 9.18 Å². The first-order chi connectivity index (χ1) is 10.7. The van der Waals surface area contributed by atoms with Crippen molar-refractivity contribution in [2.45, 2.75) is 18.6 Å². The number of cyclic esters (lactones) is 1. The lowest BCUT2D eigenvalue weighted by Crippen LogP contribution is -2.29. The normalized spacial score (nSPS) is 20.4. The second kappa shape index (κ2) is 6.05.